The van der Waals surface area contributed by atoms with Crippen molar-refractivity contribution in [1.82, 2.24) is 25.1 Å². The molecule has 160 valence electrons. The van der Waals surface area contributed by atoms with Crippen molar-refractivity contribution in [2.75, 3.05) is 18.0 Å². The van der Waals surface area contributed by atoms with Gasteiger partial charge in [-0.3, -0.25) is 9.89 Å². The second kappa shape index (κ2) is 7.11. The van der Waals surface area contributed by atoms with Crippen LogP contribution in [0.1, 0.15) is 35.3 Å². The van der Waals surface area contributed by atoms with E-state index >= 15 is 0 Å². The molecule has 1 aliphatic heterocycles. The van der Waals surface area contributed by atoms with Crippen LogP contribution in [0.3, 0.4) is 0 Å². The van der Waals surface area contributed by atoms with Crippen LogP contribution >= 0.6 is 22.9 Å². The molecule has 0 unspecified atom stereocenters. The molecule has 0 spiro atoms. The lowest BCUT2D eigenvalue weighted by Gasteiger charge is -2.36. The highest BCUT2D eigenvalue weighted by Gasteiger charge is 2.29. The van der Waals surface area contributed by atoms with E-state index in [1.54, 1.807) is 0 Å². The average Bonchev–Trinajstić information content (AvgIpc) is 3.31. The Morgan fingerprint density at radius 3 is 2.71 bits per heavy atom. The van der Waals surface area contributed by atoms with Gasteiger partial charge < -0.3 is 16.4 Å². The standard InChI is InChI=1S/C20H21ClN8OS/c1-9-24-11-4-3-10(13(21)16(11)31-9)14-12-15(17(22)30)25-19(26-18(12)28-27-14)29-7-5-20(2,23)6-8-29/h3-4H,5-8,23H2,1-2H3,(H2,22,30)(H,25,26,27,28). The molecular formula is C20H21ClN8OS. The SMILES string of the molecule is Cc1nc2ccc(-c3n[nH]c4nc(N5CCC(C)(N)CC5)nc(C(N)=O)c34)c(Cl)c2s1. The largest absolute Gasteiger partial charge is 0.364 e. The normalized spacial score (nSPS) is 16.3. The van der Waals surface area contributed by atoms with Gasteiger partial charge in [0.1, 0.15) is 11.4 Å². The molecule has 1 saturated heterocycles. The highest BCUT2D eigenvalue weighted by Crippen LogP contribution is 2.39. The summed E-state index contributed by atoms with van der Waals surface area (Å²) in [4.78, 5) is 28.0. The lowest BCUT2D eigenvalue weighted by Crippen LogP contribution is -2.48. The molecule has 0 radical (unpaired) electrons. The number of hydrogen-bond acceptors (Lipinski definition) is 8. The highest BCUT2D eigenvalue weighted by atomic mass is 35.5. The molecule has 1 aliphatic rings. The van der Waals surface area contributed by atoms with E-state index in [9.17, 15) is 4.79 Å². The minimum atomic E-state index is -0.650. The summed E-state index contributed by atoms with van der Waals surface area (Å²) in [6, 6.07) is 3.72. The van der Waals surface area contributed by atoms with E-state index < -0.39 is 5.91 Å². The molecule has 5 rings (SSSR count). The van der Waals surface area contributed by atoms with Crippen molar-refractivity contribution in [2.45, 2.75) is 32.2 Å². The number of nitrogens with one attached hydrogen (secondary N) is 1. The number of primary amides is 1. The van der Waals surface area contributed by atoms with Crippen molar-refractivity contribution >= 4 is 56.0 Å². The van der Waals surface area contributed by atoms with Crippen LogP contribution in [0.25, 0.3) is 32.5 Å². The van der Waals surface area contributed by atoms with Crippen LogP contribution in [0, 0.1) is 6.92 Å². The van der Waals surface area contributed by atoms with Gasteiger partial charge in [-0.2, -0.15) is 10.1 Å². The number of carbonyl (C=O) groups is 1. The van der Waals surface area contributed by atoms with Crippen LogP contribution in [0.15, 0.2) is 12.1 Å². The average molecular weight is 457 g/mol. The number of benzene rings is 1. The molecule has 0 atom stereocenters. The molecule has 4 heterocycles. The zero-order chi connectivity index (χ0) is 21.9. The van der Waals surface area contributed by atoms with Gasteiger partial charge in [0, 0.05) is 24.2 Å². The Balaban J connectivity index is 1.65. The number of rotatable bonds is 3. The topological polar surface area (TPSA) is 140 Å². The molecule has 0 aliphatic carbocycles. The van der Waals surface area contributed by atoms with Gasteiger partial charge >= 0.3 is 0 Å². The molecule has 1 aromatic carbocycles. The molecule has 0 bridgehead atoms. The summed E-state index contributed by atoms with van der Waals surface area (Å²) in [7, 11) is 0. The monoisotopic (exact) mass is 456 g/mol. The van der Waals surface area contributed by atoms with Crippen molar-refractivity contribution in [3.05, 3.63) is 27.9 Å². The van der Waals surface area contributed by atoms with Crippen LogP contribution in [0.5, 0.6) is 0 Å². The Kier molecular flexibility index (Phi) is 4.61. The van der Waals surface area contributed by atoms with Crippen LogP contribution in [0.2, 0.25) is 5.02 Å². The number of fused-ring (bicyclic) bond motifs is 2. The number of nitrogens with zero attached hydrogens (tertiary/aromatic N) is 5. The molecule has 5 N–H and O–H groups in total. The number of carbonyl (C=O) groups excluding carboxylic acids is 1. The van der Waals surface area contributed by atoms with E-state index in [1.165, 1.54) is 11.3 Å². The first-order valence-corrected chi connectivity index (χ1v) is 11.1. The Hall–Kier alpha value is -2.82. The second-order valence-electron chi connectivity index (χ2n) is 8.18. The van der Waals surface area contributed by atoms with Gasteiger partial charge in [-0.25, -0.2) is 9.97 Å². The van der Waals surface area contributed by atoms with Gasteiger partial charge in [-0.1, -0.05) is 11.6 Å². The first-order valence-electron chi connectivity index (χ1n) is 9.89. The van der Waals surface area contributed by atoms with Crippen LogP contribution < -0.4 is 16.4 Å². The molecule has 1 fully saturated rings. The van der Waals surface area contributed by atoms with Crippen LogP contribution in [0.4, 0.5) is 5.95 Å². The molecule has 31 heavy (non-hydrogen) atoms. The lowest BCUT2D eigenvalue weighted by molar-refractivity contribution is 0.0997. The number of piperidine rings is 1. The quantitative estimate of drug-likeness (QED) is 0.430. The number of halogens is 1. The minimum Gasteiger partial charge on any atom is -0.364 e. The number of amides is 1. The summed E-state index contributed by atoms with van der Waals surface area (Å²) in [5, 5.41) is 9.24. The molecule has 11 heteroatoms. The van der Waals surface area contributed by atoms with Gasteiger partial charge in [-0.15, -0.1) is 11.3 Å². The van der Waals surface area contributed by atoms with Crippen LogP contribution in [-0.2, 0) is 0 Å². The zero-order valence-corrected chi connectivity index (χ0v) is 18.6. The lowest BCUT2D eigenvalue weighted by atomic mass is 9.91. The number of aryl methyl sites for hydroxylation is 1. The second-order valence-corrected chi connectivity index (χ2v) is 9.76. The predicted octanol–water partition coefficient (Wildman–Crippen LogP) is 3.01. The van der Waals surface area contributed by atoms with Gasteiger partial charge in [-0.05, 0) is 38.8 Å². The van der Waals surface area contributed by atoms with Crippen molar-refractivity contribution < 1.29 is 4.79 Å². The fraction of sp³-hybridized carbons (Fsp3) is 0.350. The van der Waals surface area contributed by atoms with Crippen molar-refractivity contribution in [2.24, 2.45) is 11.5 Å². The van der Waals surface area contributed by atoms with Crippen molar-refractivity contribution in [3.8, 4) is 11.3 Å². The molecule has 1 amide bonds. The maximum atomic E-state index is 12.3. The van der Waals surface area contributed by atoms with Gasteiger partial charge in [0.25, 0.3) is 5.91 Å². The Labute approximate surface area is 186 Å². The fourth-order valence-electron chi connectivity index (χ4n) is 3.91. The maximum Gasteiger partial charge on any atom is 0.268 e. The number of aromatic amines is 1. The van der Waals surface area contributed by atoms with Gasteiger partial charge in [0.15, 0.2) is 5.65 Å². The summed E-state index contributed by atoms with van der Waals surface area (Å²) >= 11 is 8.20. The summed E-state index contributed by atoms with van der Waals surface area (Å²) in [6.45, 7) is 5.37. The number of hydrogen-bond donors (Lipinski definition) is 3. The smallest absolute Gasteiger partial charge is 0.268 e. The first kappa shape index (κ1) is 20.1. The Morgan fingerprint density at radius 2 is 2.00 bits per heavy atom. The van der Waals surface area contributed by atoms with E-state index in [0.29, 0.717) is 46.4 Å². The third-order valence-corrected chi connectivity index (χ3v) is 7.20. The Morgan fingerprint density at radius 1 is 1.26 bits per heavy atom. The third-order valence-electron chi connectivity index (χ3n) is 5.69. The van der Waals surface area contributed by atoms with Crippen LogP contribution in [-0.4, -0.2) is 49.7 Å². The summed E-state index contributed by atoms with van der Waals surface area (Å²) in [6.07, 6.45) is 1.61. The highest BCUT2D eigenvalue weighted by molar-refractivity contribution is 7.19. The summed E-state index contributed by atoms with van der Waals surface area (Å²) < 4.78 is 0.865. The number of nitrogens with two attached hydrogens (primary N) is 2. The van der Waals surface area contributed by atoms with Crippen molar-refractivity contribution in [3.63, 3.8) is 0 Å². The molecule has 9 nitrogen and oxygen atoms in total. The molecule has 3 aromatic heterocycles. The van der Waals surface area contributed by atoms with E-state index in [0.717, 1.165) is 28.1 Å². The van der Waals surface area contributed by atoms with Crippen molar-refractivity contribution in [1.29, 1.82) is 0 Å². The van der Waals surface area contributed by atoms with E-state index in [4.69, 9.17) is 23.1 Å². The van der Waals surface area contributed by atoms with E-state index in [1.807, 2.05) is 30.9 Å². The third kappa shape index (κ3) is 3.40. The number of thiazole rings is 1. The summed E-state index contributed by atoms with van der Waals surface area (Å²) in [5.74, 6) is -0.213. The first-order chi connectivity index (χ1) is 14.7. The fourth-order valence-corrected chi connectivity index (χ4v) is 5.13. The zero-order valence-electron chi connectivity index (χ0n) is 17.1. The van der Waals surface area contributed by atoms with E-state index in [-0.39, 0.29) is 11.2 Å². The molecule has 4 aromatic rings. The van der Waals surface area contributed by atoms with Gasteiger partial charge in [0.2, 0.25) is 5.95 Å². The summed E-state index contributed by atoms with van der Waals surface area (Å²) in [5.41, 5.74) is 14.3. The Bertz CT molecular complexity index is 1330. The molecular weight excluding hydrogens is 436 g/mol. The predicted molar refractivity (Wildman–Crippen MR) is 123 cm³/mol. The maximum absolute atomic E-state index is 12.3. The van der Waals surface area contributed by atoms with E-state index in [2.05, 4.69) is 25.1 Å². The van der Waals surface area contributed by atoms with Gasteiger partial charge in [0.05, 0.1) is 25.6 Å². The molecule has 0 saturated carbocycles. The number of H-pyrrole nitrogens is 1. The number of aromatic nitrogens is 5. The minimum absolute atomic E-state index is 0.112. The number of anilines is 1.